The first-order valence-corrected chi connectivity index (χ1v) is 8.59. The second-order valence-corrected chi connectivity index (χ2v) is 7.59. The molecule has 1 aliphatic carbocycles. The SMILES string of the molecule is CCCOC(Cn1ccnc1)C1CCCCC1C(C)(C)C. The molecule has 2 rings (SSSR count). The molecule has 1 aliphatic rings. The van der Waals surface area contributed by atoms with Gasteiger partial charge in [-0.05, 0) is 36.5 Å². The second kappa shape index (κ2) is 7.44. The van der Waals surface area contributed by atoms with E-state index in [0.717, 1.165) is 25.5 Å². The van der Waals surface area contributed by atoms with E-state index in [2.05, 4.69) is 43.4 Å². The third-order valence-corrected chi connectivity index (χ3v) is 4.90. The summed E-state index contributed by atoms with van der Waals surface area (Å²) in [5, 5.41) is 0. The molecule has 0 spiro atoms. The predicted molar refractivity (Wildman–Crippen MR) is 87.2 cm³/mol. The summed E-state index contributed by atoms with van der Waals surface area (Å²) in [4.78, 5) is 4.18. The lowest BCUT2D eigenvalue weighted by atomic mass is 9.64. The highest BCUT2D eigenvalue weighted by atomic mass is 16.5. The molecule has 1 heterocycles. The van der Waals surface area contributed by atoms with E-state index in [1.165, 1.54) is 25.7 Å². The molecule has 1 saturated carbocycles. The fourth-order valence-corrected chi connectivity index (χ4v) is 3.86. The van der Waals surface area contributed by atoms with Crippen molar-refractivity contribution in [2.45, 2.75) is 72.4 Å². The molecule has 120 valence electrons. The van der Waals surface area contributed by atoms with Crippen molar-refractivity contribution in [3.05, 3.63) is 18.7 Å². The molecular weight excluding hydrogens is 260 g/mol. The summed E-state index contributed by atoms with van der Waals surface area (Å²) in [6.45, 7) is 11.2. The molecule has 21 heavy (non-hydrogen) atoms. The average Bonchev–Trinajstić information content (AvgIpc) is 2.95. The minimum Gasteiger partial charge on any atom is -0.376 e. The predicted octanol–water partition coefficient (Wildman–Crippen LogP) is 4.53. The summed E-state index contributed by atoms with van der Waals surface area (Å²) in [7, 11) is 0. The molecule has 0 saturated heterocycles. The Balaban J connectivity index is 2.12. The first-order valence-electron chi connectivity index (χ1n) is 8.59. The number of rotatable bonds is 6. The van der Waals surface area contributed by atoms with Gasteiger partial charge in [0.1, 0.15) is 0 Å². The average molecular weight is 292 g/mol. The van der Waals surface area contributed by atoms with Gasteiger partial charge in [-0.25, -0.2) is 4.98 Å². The Morgan fingerprint density at radius 2 is 2.05 bits per heavy atom. The number of ether oxygens (including phenoxy) is 1. The van der Waals surface area contributed by atoms with Crippen LogP contribution in [-0.2, 0) is 11.3 Å². The minimum atomic E-state index is 0.323. The van der Waals surface area contributed by atoms with Crippen LogP contribution in [0.5, 0.6) is 0 Å². The monoisotopic (exact) mass is 292 g/mol. The Hall–Kier alpha value is -0.830. The fourth-order valence-electron chi connectivity index (χ4n) is 3.86. The normalized spacial score (nSPS) is 25.0. The Morgan fingerprint density at radius 1 is 1.29 bits per heavy atom. The van der Waals surface area contributed by atoms with Crippen LogP contribution < -0.4 is 0 Å². The minimum absolute atomic E-state index is 0.323. The van der Waals surface area contributed by atoms with Crippen molar-refractivity contribution in [1.82, 2.24) is 9.55 Å². The summed E-state index contributed by atoms with van der Waals surface area (Å²) in [6.07, 6.45) is 12.6. The summed E-state index contributed by atoms with van der Waals surface area (Å²) in [6, 6.07) is 0. The van der Waals surface area contributed by atoms with Crippen LogP contribution in [0.15, 0.2) is 18.7 Å². The van der Waals surface area contributed by atoms with E-state index < -0.39 is 0 Å². The molecule has 0 aliphatic heterocycles. The molecule has 3 nitrogen and oxygen atoms in total. The first-order chi connectivity index (χ1) is 10.0. The van der Waals surface area contributed by atoms with Gasteiger partial charge >= 0.3 is 0 Å². The van der Waals surface area contributed by atoms with Gasteiger partial charge in [-0.3, -0.25) is 0 Å². The van der Waals surface area contributed by atoms with Crippen molar-refractivity contribution in [2.24, 2.45) is 17.3 Å². The Bertz CT molecular complexity index is 394. The van der Waals surface area contributed by atoms with Crippen molar-refractivity contribution in [1.29, 1.82) is 0 Å². The van der Waals surface area contributed by atoms with E-state index in [0.29, 0.717) is 17.4 Å². The maximum atomic E-state index is 6.28. The van der Waals surface area contributed by atoms with Crippen LogP contribution in [0.2, 0.25) is 0 Å². The molecule has 3 unspecified atom stereocenters. The van der Waals surface area contributed by atoms with Crippen molar-refractivity contribution in [3.8, 4) is 0 Å². The lowest BCUT2D eigenvalue weighted by Crippen LogP contribution is -2.41. The first kappa shape index (κ1) is 16.5. The number of aromatic nitrogens is 2. The van der Waals surface area contributed by atoms with E-state index in [-0.39, 0.29) is 0 Å². The van der Waals surface area contributed by atoms with Gasteiger partial charge in [-0.1, -0.05) is 40.5 Å². The highest BCUT2D eigenvalue weighted by Crippen LogP contribution is 2.44. The molecule has 0 radical (unpaired) electrons. The van der Waals surface area contributed by atoms with E-state index in [9.17, 15) is 0 Å². The Kier molecular flexibility index (Phi) is 5.86. The summed E-state index contributed by atoms with van der Waals surface area (Å²) >= 11 is 0. The second-order valence-electron chi connectivity index (χ2n) is 7.59. The fraction of sp³-hybridized carbons (Fsp3) is 0.833. The lowest BCUT2D eigenvalue weighted by molar-refractivity contribution is -0.0528. The molecule has 3 heteroatoms. The number of hydrogen-bond acceptors (Lipinski definition) is 2. The number of imidazole rings is 1. The quantitative estimate of drug-likeness (QED) is 0.770. The summed E-state index contributed by atoms with van der Waals surface area (Å²) in [5.41, 5.74) is 0.369. The largest absolute Gasteiger partial charge is 0.376 e. The maximum Gasteiger partial charge on any atom is 0.0946 e. The van der Waals surface area contributed by atoms with Crippen molar-refractivity contribution < 1.29 is 4.74 Å². The van der Waals surface area contributed by atoms with E-state index in [4.69, 9.17) is 4.74 Å². The summed E-state index contributed by atoms with van der Waals surface area (Å²) in [5.74, 6) is 1.43. The van der Waals surface area contributed by atoms with Crippen LogP contribution in [-0.4, -0.2) is 22.3 Å². The van der Waals surface area contributed by atoms with Gasteiger partial charge < -0.3 is 9.30 Å². The molecule has 0 aromatic carbocycles. The van der Waals surface area contributed by atoms with Gasteiger partial charge in [-0.2, -0.15) is 0 Å². The molecule has 0 bridgehead atoms. The smallest absolute Gasteiger partial charge is 0.0946 e. The molecule has 0 amide bonds. The maximum absolute atomic E-state index is 6.28. The van der Waals surface area contributed by atoms with Crippen molar-refractivity contribution in [2.75, 3.05) is 6.61 Å². The van der Waals surface area contributed by atoms with Crippen LogP contribution in [0, 0.1) is 17.3 Å². The molecule has 0 N–H and O–H groups in total. The van der Waals surface area contributed by atoms with Gasteiger partial charge in [-0.15, -0.1) is 0 Å². The van der Waals surface area contributed by atoms with Gasteiger partial charge in [0, 0.05) is 19.0 Å². The summed E-state index contributed by atoms with van der Waals surface area (Å²) < 4.78 is 8.46. The zero-order valence-corrected chi connectivity index (χ0v) is 14.2. The molecule has 3 atom stereocenters. The Morgan fingerprint density at radius 3 is 2.67 bits per heavy atom. The number of nitrogens with zero attached hydrogens (tertiary/aromatic N) is 2. The van der Waals surface area contributed by atoms with E-state index >= 15 is 0 Å². The molecular formula is C18H32N2O. The van der Waals surface area contributed by atoms with Crippen molar-refractivity contribution >= 4 is 0 Å². The third-order valence-electron chi connectivity index (χ3n) is 4.90. The van der Waals surface area contributed by atoms with Crippen LogP contribution in [0.4, 0.5) is 0 Å². The van der Waals surface area contributed by atoms with Crippen LogP contribution >= 0.6 is 0 Å². The number of hydrogen-bond donors (Lipinski definition) is 0. The third kappa shape index (κ3) is 4.57. The molecule has 1 fully saturated rings. The van der Waals surface area contributed by atoms with Gasteiger partial charge in [0.2, 0.25) is 0 Å². The van der Waals surface area contributed by atoms with Gasteiger partial charge in [0.25, 0.3) is 0 Å². The van der Waals surface area contributed by atoms with E-state index in [1.807, 2.05) is 12.5 Å². The van der Waals surface area contributed by atoms with Crippen LogP contribution in [0.25, 0.3) is 0 Å². The van der Waals surface area contributed by atoms with E-state index in [1.54, 1.807) is 0 Å². The highest BCUT2D eigenvalue weighted by molar-refractivity contribution is 4.89. The molecule has 1 aromatic heterocycles. The highest BCUT2D eigenvalue weighted by Gasteiger charge is 2.38. The van der Waals surface area contributed by atoms with Crippen molar-refractivity contribution in [3.63, 3.8) is 0 Å². The molecule has 1 aromatic rings. The lowest BCUT2D eigenvalue weighted by Gasteiger charge is -2.44. The van der Waals surface area contributed by atoms with Gasteiger partial charge in [0.15, 0.2) is 0 Å². The topological polar surface area (TPSA) is 27.1 Å². The van der Waals surface area contributed by atoms with Crippen LogP contribution in [0.3, 0.4) is 0 Å². The zero-order valence-electron chi connectivity index (χ0n) is 14.2. The van der Waals surface area contributed by atoms with Gasteiger partial charge in [0.05, 0.1) is 19.0 Å². The zero-order chi connectivity index (χ0) is 15.3. The standard InChI is InChI=1S/C18H32N2O/c1-5-12-21-17(13-20-11-10-19-14-20)15-8-6-7-9-16(15)18(2,3)4/h10-11,14-17H,5-9,12-13H2,1-4H3. The Labute approximate surface area is 130 Å². The van der Waals surface area contributed by atoms with Crippen LogP contribution in [0.1, 0.15) is 59.8 Å².